The Morgan fingerprint density at radius 3 is 2.48 bits per heavy atom. The number of carbonyl (C=O) groups excluding carboxylic acids is 2. The second kappa shape index (κ2) is 7.33. The molecule has 1 aliphatic heterocycles. The van der Waals surface area contributed by atoms with Crippen molar-refractivity contribution in [3.05, 3.63) is 58.6 Å². The molecule has 1 atom stereocenters. The zero-order valence-electron chi connectivity index (χ0n) is 13.6. The first-order valence-corrected chi connectivity index (χ1v) is 8.62. The molecule has 25 heavy (non-hydrogen) atoms. The van der Waals surface area contributed by atoms with Crippen LogP contribution in [0.25, 0.3) is 0 Å². The number of nitrogens with one attached hydrogen (secondary N) is 1. The number of anilines is 2. The predicted molar refractivity (Wildman–Crippen MR) is 100 cm³/mol. The standard InChI is InChI=1S/C18H17Cl2N3O2/c1-12-17(24)23(14-7-8-15(19)16(20)11-14)10-9-22(12)18(25)21-13-5-3-2-4-6-13/h2-8,11-12H,9-10H2,1H3,(H,21,25)/t12-/m0/s1. The van der Waals surface area contributed by atoms with Crippen LogP contribution in [0.15, 0.2) is 48.5 Å². The Kier molecular flexibility index (Phi) is 5.16. The van der Waals surface area contributed by atoms with Crippen LogP contribution in [0.5, 0.6) is 0 Å². The maximum absolute atomic E-state index is 12.7. The zero-order chi connectivity index (χ0) is 18.0. The lowest BCUT2D eigenvalue weighted by Crippen LogP contribution is -2.58. The highest BCUT2D eigenvalue weighted by Crippen LogP contribution is 2.29. The van der Waals surface area contributed by atoms with Gasteiger partial charge in [0.05, 0.1) is 10.0 Å². The first-order valence-electron chi connectivity index (χ1n) is 7.86. The number of rotatable bonds is 2. The smallest absolute Gasteiger partial charge is 0.311 e. The quantitative estimate of drug-likeness (QED) is 0.849. The van der Waals surface area contributed by atoms with Gasteiger partial charge in [-0.2, -0.15) is 0 Å². The molecule has 0 bridgehead atoms. The molecule has 1 aliphatic rings. The SMILES string of the molecule is C[C@H]1C(=O)N(c2ccc(Cl)c(Cl)c2)CCN1C(=O)Nc1ccccc1. The van der Waals surface area contributed by atoms with Gasteiger partial charge in [-0.3, -0.25) is 4.79 Å². The predicted octanol–water partition coefficient (Wildman–Crippen LogP) is 4.26. The van der Waals surface area contributed by atoms with Crippen molar-refractivity contribution in [1.82, 2.24) is 4.90 Å². The van der Waals surface area contributed by atoms with Crippen molar-refractivity contribution in [3.8, 4) is 0 Å². The van der Waals surface area contributed by atoms with Gasteiger partial charge in [0.15, 0.2) is 0 Å². The number of amides is 3. The second-order valence-corrected chi connectivity index (χ2v) is 6.57. The van der Waals surface area contributed by atoms with Gasteiger partial charge in [0, 0.05) is 24.5 Å². The molecular weight excluding hydrogens is 361 g/mol. The third-order valence-corrected chi connectivity index (χ3v) is 4.90. The van der Waals surface area contributed by atoms with E-state index in [-0.39, 0.29) is 11.9 Å². The van der Waals surface area contributed by atoms with Crippen LogP contribution >= 0.6 is 23.2 Å². The van der Waals surface area contributed by atoms with E-state index in [1.54, 1.807) is 42.2 Å². The Bertz CT molecular complexity index is 798. The zero-order valence-corrected chi connectivity index (χ0v) is 15.1. The first-order chi connectivity index (χ1) is 12.0. The lowest BCUT2D eigenvalue weighted by atomic mass is 10.1. The molecule has 1 heterocycles. The molecule has 3 rings (SSSR count). The van der Waals surface area contributed by atoms with E-state index in [0.717, 1.165) is 0 Å². The van der Waals surface area contributed by atoms with Gasteiger partial charge in [0.25, 0.3) is 0 Å². The normalized spacial score (nSPS) is 17.6. The van der Waals surface area contributed by atoms with Crippen molar-refractivity contribution in [2.45, 2.75) is 13.0 Å². The number of para-hydroxylation sites is 1. The average molecular weight is 378 g/mol. The highest BCUT2D eigenvalue weighted by Gasteiger charge is 2.35. The summed E-state index contributed by atoms with van der Waals surface area (Å²) in [5.41, 5.74) is 1.37. The molecule has 5 nitrogen and oxygen atoms in total. The van der Waals surface area contributed by atoms with Crippen molar-refractivity contribution in [2.75, 3.05) is 23.3 Å². The van der Waals surface area contributed by atoms with E-state index in [1.165, 1.54) is 4.90 Å². The van der Waals surface area contributed by atoms with Crippen LogP contribution in [-0.2, 0) is 4.79 Å². The van der Waals surface area contributed by atoms with E-state index in [1.807, 2.05) is 18.2 Å². The number of piperazine rings is 1. The average Bonchev–Trinajstić information content (AvgIpc) is 2.60. The van der Waals surface area contributed by atoms with Crippen LogP contribution < -0.4 is 10.2 Å². The Balaban J connectivity index is 1.72. The summed E-state index contributed by atoms with van der Waals surface area (Å²) in [5, 5.41) is 3.64. The minimum Gasteiger partial charge on any atom is -0.311 e. The third-order valence-electron chi connectivity index (χ3n) is 4.16. The van der Waals surface area contributed by atoms with Gasteiger partial charge in [-0.1, -0.05) is 41.4 Å². The molecule has 1 saturated heterocycles. The molecule has 1 N–H and O–H groups in total. The summed E-state index contributed by atoms with van der Waals surface area (Å²) in [6, 6.07) is 13.4. The van der Waals surface area contributed by atoms with Gasteiger partial charge in [0.2, 0.25) is 5.91 Å². The number of nitrogens with zero attached hydrogens (tertiary/aromatic N) is 2. The number of urea groups is 1. The van der Waals surface area contributed by atoms with Crippen molar-refractivity contribution >= 4 is 46.5 Å². The molecule has 2 aromatic rings. The van der Waals surface area contributed by atoms with E-state index in [9.17, 15) is 9.59 Å². The number of carbonyl (C=O) groups is 2. The van der Waals surface area contributed by atoms with Gasteiger partial charge in [-0.25, -0.2) is 4.79 Å². The molecule has 0 aliphatic carbocycles. The van der Waals surface area contributed by atoms with Crippen molar-refractivity contribution in [2.24, 2.45) is 0 Å². The van der Waals surface area contributed by atoms with Crippen LogP contribution in [-0.4, -0.2) is 36.0 Å². The van der Waals surface area contributed by atoms with E-state index >= 15 is 0 Å². The molecule has 1 fully saturated rings. The summed E-state index contributed by atoms with van der Waals surface area (Å²) in [5.74, 6) is -0.159. The van der Waals surface area contributed by atoms with Gasteiger partial charge in [0.1, 0.15) is 6.04 Å². The monoisotopic (exact) mass is 377 g/mol. The molecule has 0 unspecified atom stereocenters. The van der Waals surface area contributed by atoms with Crippen LogP contribution in [0, 0.1) is 0 Å². The summed E-state index contributed by atoms with van der Waals surface area (Å²) in [4.78, 5) is 28.3. The number of benzene rings is 2. The fourth-order valence-electron chi connectivity index (χ4n) is 2.77. The fraction of sp³-hybridized carbons (Fsp3) is 0.222. The third kappa shape index (κ3) is 3.72. The van der Waals surface area contributed by atoms with E-state index < -0.39 is 6.04 Å². The van der Waals surface area contributed by atoms with Crippen molar-refractivity contribution < 1.29 is 9.59 Å². The Morgan fingerprint density at radius 1 is 1.08 bits per heavy atom. The molecule has 0 spiro atoms. The van der Waals surface area contributed by atoms with Crippen LogP contribution in [0.3, 0.4) is 0 Å². The topological polar surface area (TPSA) is 52.7 Å². The molecule has 3 amide bonds. The van der Waals surface area contributed by atoms with Gasteiger partial charge in [-0.05, 0) is 37.3 Å². The number of halogens is 2. The van der Waals surface area contributed by atoms with Crippen LogP contribution in [0.2, 0.25) is 10.0 Å². The lowest BCUT2D eigenvalue weighted by Gasteiger charge is -2.39. The molecule has 7 heteroatoms. The van der Waals surface area contributed by atoms with E-state index in [0.29, 0.717) is 34.5 Å². The highest BCUT2D eigenvalue weighted by molar-refractivity contribution is 6.42. The van der Waals surface area contributed by atoms with Gasteiger partial charge < -0.3 is 15.1 Å². The maximum Gasteiger partial charge on any atom is 0.322 e. The largest absolute Gasteiger partial charge is 0.322 e. The first kappa shape index (κ1) is 17.6. The van der Waals surface area contributed by atoms with Crippen molar-refractivity contribution in [3.63, 3.8) is 0 Å². The molecule has 0 radical (unpaired) electrons. The van der Waals surface area contributed by atoms with Crippen LogP contribution in [0.4, 0.5) is 16.2 Å². The molecule has 2 aromatic carbocycles. The second-order valence-electron chi connectivity index (χ2n) is 5.75. The van der Waals surface area contributed by atoms with Gasteiger partial charge in [-0.15, -0.1) is 0 Å². The van der Waals surface area contributed by atoms with E-state index in [4.69, 9.17) is 23.2 Å². The molecular formula is C18H17Cl2N3O2. The lowest BCUT2D eigenvalue weighted by molar-refractivity contribution is -0.123. The van der Waals surface area contributed by atoms with E-state index in [2.05, 4.69) is 5.32 Å². The summed E-state index contributed by atoms with van der Waals surface area (Å²) >= 11 is 12.0. The summed E-state index contributed by atoms with van der Waals surface area (Å²) in [7, 11) is 0. The van der Waals surface area contributed by atoms with Gasteiger partial charge >= 0.3 is 6.03 Å². The fourth-order valence-corrected chi connectivity index (χ4v) is 3.07. The highest BCUT2D eigenvalue weighted by atomic mass is 35.5. The Morgan fingerprint density at radius 2 is 1.80 bits per heavy atom. The number of hydrogen-bond donors (Lipinski definition) is 1. The molecule has 0 saturated carbocycles. The van der Waals surface area contributed by atoms with Crippen LogP contribution in [0.1, 0.15) is 6.92 Å². The maximum atomic E-state index is 12.7. The Labute approximate surface area is 156 Å². The molecule has 130 valence electrons. The summed E-state index contributed by atoms with van der Waals surface area (Å²) in [6.07, 6.45) is 0. The molecule has 0 aromatic heterocycles. The van der Waals surface area contributed by atoms with Crippen molar-refractivity contribution in [1.29, 1.82) is 0 Å². The minimum atomic E-state index is -0.577. The number of hydrogen-bond acceptors (Lipinski definition) is 2. The summed E-state index contributed by atoms with van der Waals surface area (Å²) < 4.78 is 0. The summed E-state index contributed by atoms with van der Waals surface area (Å²) in [6.45, 7) is 2.53. The Hall–Kier alpha value is -2.24. The minimum absolute atomic E-state index is 0.159.